The van der Waals surface area contributed by atoms with Crippen molar-refractivity contribution in [3.8, 4) is 5.75 Å². The number of ether oxygens (including phenoxy) is 1. The van der Waals surface area contributed by atoms with E-state index in [1.807, 2.05) is 0 Å². The lowest BCUT2D eigenvalue weighted by atomic mass is 10.1. The first-order chi connectivity index (χ1) is 8.99. The van der Waals surface area contributed by atoms with Crippen LogP contribution in [0.3, 0.4) is 0 Å². The Balaban J connectivity index is 2.14. The highest BCUT2D eigenvalue weighted by atomic mass is 19.2. The van der Waals surface area contributed by atoms with Gasteiger partial charge in [-0.25, -0.2) is 8.78 Å². The van der Waals surface area contributed by atoms with Crippen LogP contribution in [0.5, 0.6) is 5.75 Å². The molecule has 0 N–H and O–H groups in total. The molecule has 19 heavy (non-hydrogen) atoms. The molecule has 0 spiro atoms. The Morgan fingerprint density at radius 3 is 2.26 bits per heavy atom. The molecule has 0 aliphatic heterocycles. The molecule has 0 saturated carbocycles. The normalized spacial score (nSPS) is 10.6. The number of halogens is 3. The van der Waals surface area contributed by atoms with Gasteiger partial charge in [0.05, 0.1) is 0 Å². The maximum absolute atomic E-state index is 13.5. The molecule has 0 aliphatic rings. The van der Waals surface area contributed by atoms with E-state index in [0.717, 1.165) is 0 Å². The average Bonchev–Trinajstić information content (AvgIpc) is 2.39. The molecular formula is C15H13F3O. The summed E-state index contributed by atoms with van der Waals surface area (Å²) in [6.07, 6.45) is 0. The summed E-state index contributed by atoms with van der Waals surface area (Å²) in [5.74, 6) is -2.47. The van der Waals surface area contributed by atoms with Crippen LogP contribution in [-0.4, -0.2) is 0 Å². The second-order valence-electron chi connectivity index (χ2n) is 4.38. The minimum Gasteiger partial charge on any atom is -0.486 e. The minimum absolute atomic E-state index is 0.0172. The topological polar surface area (TPSA) is 9.23 Å². The zero-order chi connectivity index (χ0) is 14.0. The molecule has 0 aromatic heterocycles. The van der Waals surface area contributed by atoms with E-state index in [2.05, 4.69) is 0 Å². The summed E-state index contributed by atoms with van der Waals surface area (Å²) in [4.78, 5) is 0. The van der Waals surface area contributed by atoms with Gasteiger partial charge in [0.2, 0.25) is 5.82 Å². The van der Waals surface area contributed by atoms with E-state index in [1.54, 1.807) is 19.1 Å². The summed E-state index contributed by atoms with van der Waals surface area (Å²) in [5, 5.41) is 0. The Hall–Kier alpha value is -1.97. The van der Waals surface area contributed by atoms with Crippen molar-refractivity contribution in [1.82, 2.24) is 0 Å². The molecule has 1 nitrogen and oxygen atoms in total. The van der Waals surface area contributed by atoms with Crippen molar-refractivity contribution in [2.24, 2.45) is 0 Å². The fourth-order valence-electron chi connectivity index (χ4n) is 1.63. The van der Waals surface area contributed by atoms with Crippen molar-refractivity contribution in [1.29, 1.82) is 0 Å². The van der Waals surface area contributed by atoms with Gasteiger partial charge in [-0.15, -0.1) is 0 Å². The molecular weight excluding hydrogens is 253 g/mol. The van der Waals surface area contributed by atoms with Crippen LogP contribution < -0.4 is 4.74 Å². The van der Waals surface area contributed by atoms with Gasteiger partial charge < -0.3 is 4.74 Å². The molecule has 4 heteroatoms. The predicted molar refractivity (Wildman–Crippen MR) is 66.6 cm³/mol. The molecule has 0 saturated heterocycles. The summed E-state index contributed by atoms with van der Waals surface area (Å²) in [5.41, 5.74) is 1.30. The highest BCUT2D eigenvalue weighted by Gasteiger charge is 2.12. The molecule has 0 atom stereocenters. The van der Waals surface area contributed by atoms with Crippen LogP contribution in [0.2, 0.25) is 0 Å². The van der Waals surface area contributed by atoms with Crippen molar-refractivity contribution < 1.29 is 17.9 Å². The first-order valence-electron chi connectivity index (χ1n) is 5.81. The third kappa shape index (κ3) is 2.89. The van der Waals surface area contributed by atoms with Crippen LogP contribution in [0.25, 0.3) is 0 Å². The summed E-state index contributed by atoms with van der Waals surface area (Å²) >= 11 is 0. The smallest absolute Gasteiger partial charge is 0.200 e. The molecule has 0 heterocycles. The molecule has 0 unspecified atom stereocenters. The first kappa shape index (κ1) is 13.5. The second kappa shape index (κ2) is 5.34. The van der Waals surface area contributed by atoms with Gasteiger partial charge in [-0.2, -0.15) is 4.39 Å². The fraction of sp³-hybridized carbons (Fsp3) is 0.200. The fourth-order valence-corrected chi connectivity index (χ4v) is 1.63. The number of aryl methyl sites for hydroxylation is 2. The number of benzene rings is 2. The lowest BCUT2D eigenvalue weighted by molar-refractivity contribution is 0.283. The highest BCUT2D eigenvalue weighted by molar-refractivity contribution is 5.31. The molecule has 0 bridgehead atoms. The molecule has 0 aliphatic carbocycles. The van der Waals surface area contributed by atoms with Gasteiger partial charge in [0, 0.05) is 0 Å². The van der Waals surface area contributed by atoms with Crippen LogP contribution in [0.4, 0.5) is 13.2 Å². The van der Waals surface area contributed by atoms with Crippen LogP contribution >= 0.6 is 0 Å². The lowest BCUT2D eigenvalue weighted by Crippen LogP contribution is -2.00. The largest absolute Gasteiger partial charge is 0.486 e. The van der Waals surface area contributed by atoms with E-state index in [-0.39, 0.29) is 23.7 Å². The average molecular weight is 266 g/mol. The van der Waals surface area contributed by atoms with Gasteiger partial charge >= 0.3 is 0 Å². The summed E-state index contributed by atoms with van der Waals surface area (Å²) in [6.45, 7) is 3.10. The lowest BCUT2D eigenvalue weighted by Gasteiger charge is -2.09. The third-order valence-corrected chi connectivity index (χ3v) is 2.87. The summed E-state index contributed by atoms with van der Waals surface area (Å²) in [6, 6.07) is 7.40. The Morgan fingerprint density at radius 2 is 1.58 bits per heavy atom. The minimum atomic E-state index is -1.02. The predicted octanol–water partition coefficient (Wildman–Crippen LogP) is 4.30. The molecule has 0 fully saturated rings. The zero-order valence-corrected chi connectivity index (χ0v) is 10.6. The number of hydrogen-bond acceptors (Lipinski definition) is 1. The van der Waals surface area contributed by atoms with Crippen molar-refractivity contribution >= 4 is 0 Å². The zero-order valence-electron chi connectivity index (χ0n) is 10.6. The van der Waals surface area contributed by atoms with E-state index in [0.29, 0.717) is 11.1 Å². The first-order valence-corrected chi connectivity index (χ1v) is 5.81. The van der Waals surface area contributed by atoms with E-state index < -0.39 is 11.6 Å². The Labute approximate surface area is 109 Å². The maximum atomic E-state index is 13.5. The van der Waals surface area contributed by atoms with Crippen molar-refractivity contribution in [3.05, 3.63) is 64.5 Å². The van der Waals surface area contributed by atoms with Gasteiger partial charge in [-0.05, 0) is 42.7 Å². The van der Waals surface area contributed by atoms with Crippen LogP contribution in [0, 0.1) is 31.3 Å². The Kier molecular flexibility index (Phi) is 3.79. The number of rotatable bonds is 3. The molecule has 2 rings (SSSR count). The van der Waals surface area contributed by atoms with E-state index in [1.165, 1.54) is 25.1 Å². The van der Waals surface area contributed by atoms with Crippen molar-refractivity contribution in [3.63, 3.8) is 0 Å². The molecule has 2 aromatic carbocycles. The standard InChI is InChI=1S/C15H13F3O/c1-9-3-5-11(7-12(9)16)8-19-13-6-4-10(2)14(17)15(13)18/h3-7H,8H2,1-2H3. The van der Waals surface area contributed by atoms with Gasteiger partial charge in [0.25, 0.3) is 0 Å². The van der Waals surface area contributed by atoms with Crippen molar-refractivity contribution in [2.75, 3.05) is 0 Å². The van der Waals surface area contributed by atoms with Crippen LogP contribution in [0.15, 0.2) is 30.3 Å². The SMILES string of the molecule is Cc1ccc(COc2ccc(C)c(F)c2F)cc1F. The monoisotopic (exact) mass is 266 g/mol. The van der Waals surface area contributed by atoms with E-state index >= 15 is 0 Å². The summed E-state index contributed by atoms with van der Waals surface area (Å²) < 4.78 is 45.3. The van der Waals surface area contributed by atoms with E-state index in [4.69, 9.17) is 4.74 Å². The van der Waals surface area contributed by atoms with Gasteiger partial charge in [0.15, 0.2) is 11.6 Å². The van der Waals surface area contributed by atoms with E-state index in [9.17, 15) is 13.2 Å². The van der Waals surface area contributed by atoms with Gasteiger partial charge in [-0.3, -0.25) is 0 Å². The maximum Gasteiger partial charge on any atom is 0.200 e. The molecule has 2 aromatic rings. The molecule has 0 amide bonds. The Morgan fingerprint density at radius 1 is 0.895 bits per heavy atom. The third-order valence-electron chi connectivity index (χ3n) is 2.87. The second-order valence-corrected chi connectivity index (χ2v) is 4.38. The van der Waals surface area contributed by atoms with Crippen LogP contribution in [0.1, 0.15) is 16.7 Å². The quantitative estimate of drug-likeness (QED) is 0.804. The van der Waals surface area contributed by atoms with Gasteiger partial charge in [0.1, 0.15) is 12.4 Å². The Bertz CT molecular complexity index is 609. The summed E-state index contributed by atoms with van der Waals surface area (Å²) in [7, 11) is 0. The van der Waals surface area contributed by atoms with Crippen molar-refractivity contribution in [2.45, 2.75) is 20.5 Å². The molecule has 100 valence electrons. The van der Waals surface area contributed by atoms with Crippen LogP contribution in [-0.2, 0) is 6.61 Å². The van der Waals surface area contributed by atoms with Gasteiger partial charge in [-0.1, -0.05) is 18.2 Å². The highest BCUT2D eigenvalue weighted by Crippen LogP contribution is 2.23. The number of hydrogen-bond donors (Lipinski definition) is 0. The molecule has 0 radical (unpaired) electrons.